The molecule has 0 spiro atoms. The third-order valence-corrected chi connectivity index (χ3v) is 5.64. The van der Waals surface area contributed by atoms with Crippen molar-refractivity contribution in [3.63, 3.8) is 0 Å². The molecule has 4 nitrogen and oxygen atoms in total. The quantitative estimate of drug-likeness (QED) is 0.828. The van der Waals surface area contributed by atoms with E-state index in [1.54, 1.807) is 7.11 Å². The van der Waals surface area contributed by atoms with Crippen LogP contribution in [0.1, 0.15) is 38.3 Å². The number of hydrogen-bond acceptors (Lipinski definition) is 4. The molecule has 0 amide bonds. The molecule has 1 aliphatic heterocycles. The molecule has 0 unspecified atom stereocenters. The first kappa shape index (κ1) is 17.0. The van der Waals surface area contributed by atoms with Gasteiger partial charge in [0.1, 0.15) is 11.5 Å². The zero-order chi connectivity index (χ0) is 18.3. The summed E-state index contributed by atoms with van der Waals surface area (Å²) in [7, 11) is 1.67. The summed E-state index contributed by atoms with van der Waals surface area (Å²) in [6.07, 6.45) is 1.60. The van der Waals surface area contributed by atoms with E-state index in [0.29, 0.717) is 12.2 Å². The van der Waals surface area contributed by atoms with Crippen molar-refractivity contribution in [2.45, 2.75) is 38.8 Å². The first-order chi connectivity index (χ1) is 12.5. The summed E-state index contributed by atoms with van der Waals surface area (Å²) in [4.78, 5) is 13.2. The number of fused-ring (bicyclic) bond motifs is 2. The molecule has 1 fully saturated rings. The van der Waals surface area contributed by atoms with Crippen molar-refractivity contribution in [3.8, 4) is 5.75 Å². The van der Waals surface area contributed by atoms with Crippen molar-refractivity contribution in [2.24, 2.45) is 11.3 Å². The summed E-state index contributed by atoms with van der Waals surface area (Å²) in [5, 5.41) is 7.31. The van der Waals surface area contributed by atoms with Crippen LogP contribution in [0.3, 0.4) is 0 Å². The molecule has 1 saturated carbocycles. The van der Waals surface area contributed by atoms with E-state index in [-0.39, 0.29) is 23.4 Å². The Morgan fingerprint density at radius 2 is 1.65 bits per heavy atom. The molecule has 2 N–H and O–H groups in total. The Morgan fingerprint density at radius 3 is 2.31 bits per heavy atom. The van der Waals surface area contributed by atoms with Crippen molar-refractivity contribution < 1.29 is 9.53 Å². The van der Waals surface area contributed by atoms with Crippen molar-refractivity contribution in [1.29, 1.82) is 0 Å². The van der Waals surface area contributed by atoms with Gasteiger partial charge in [0, 0.05) is 12.5 Å². The van der Waals surface area contributed by atoms with Crippen LogP contribution in [0.4, 0.5) is 11.4 Å². The smallest absolute Gasteiger partial charge is 0.140 e. The second-order valence-corrected chi connectivity index (χ2v) is 8.23. The van der Waals surface area contributed by atoms with Crippen LogP contribution in [0.5, 0.6) is 5.75 Å². The number of para-hydroxylation sites is 2. The number of nitrogens with one attached hydrogen (secondary N) is 2. The standard InChI is InChI=1S/C22H26N2O2/c1-22(2)12-18-20(19(25)13-22)21(14-8-10-15(26-3)11-9-14)24-17-7-5-4-6-16(17)23-18/h4-11,18,20-21,23-24H,12-13H2,1-3H3/t18-,20+,21-/m0/s1. The van der Waals surface area contributed by atoms with E-state index >= 15 is 0 Å². The zero-order valence-corrected chi connectivity index (χ0v) is 15.6. The topological polar surface area (TPSA) is 50.4 Å². The van der Waals surface area contributed by atoms with Gasteiger partial charge in [-0.25, -0.2) is 0 Å². The fourth-order valence-electron chi connectivity index (χ4n) is 4.46. The average Bonchev–Trinajstić information content (AvgIpc) is 2.77. The molecular weight excluding hydrogens is 324 g/mol. The van der Waals surface area contributed by atoms with Gasteiger partial charge in [0.05, 0.1) is 30.4 Å². The van der Waals surface area contributed by atoms with E-state index in [2.05, 4.69) is 48.7 Å². The van der Waals surface area contributed by atoms with E-state index in [1.165, 1.54) is 0 Å². The molecule has 1 aliphatic carbocycles. The number of hydrogen-bond donors (Lipinski definition) is 2. The molecule has 1 heterocycles. The molecule has 136 valence electrons. The molecule has 2 aliphatic rings. The lowest BCUT2D eigenvalue weighted by atomic mass is 9.66. The predicted molar refractivity (Wildman–Crippen MR) is 105 cm³/mol. The molecule has 4 rings (SSSR count). The molecule has 26 heavy (non-hydrogen) atoms. The SMILES string of the molecule is COc1ccc([C@@H]2Nc3ccccc3N[C@H]3CC(C)(C)CC(=O)[C@@H]32)cc1. The highest BCUT2D eigenvalue weighted by molar-refractivity contribution is 5.87. The third-order valence-electron chi connectivity index (χ3n) is 5.64. The maximum absolute atomic E-state index is 13.2. The van der Waals surface area contributed by atoms with E-state index in [9.17, 15) is 4.79 Å². The van der Waals surface area contributed by atoms with Gasteiger partial charge in [-0.3, -0.25) is 4.79 Å². The lowest BCUT2D eigenvalue weighted by Gasteiger charge is -2.42. The minimum atomic E-state index is -0.0937. The lowest BCUT2D eigenvalue weighted by molar-refractivity contribution is -0.128. The third kappa shape index (κ3) is 3.05. The van der Waals surface area contributed by atoms with Crippen LogP contribution in [-0.2, 0) is 4.79 Å². The summed E-state index contributed by atoms with van der Waals surface area (Å²) in [6, 6.07) is 16.4. The molecule has 2 aromatic carbocycles. The summed E-state index contributed by atoms with van der Waals surface area (Å²) in [5.74, 6) is 1.07. The van der Waals surface area contributed by atoms with Crippen LogP contribution >= 0.6 is 0 Å². The number of methoxy groups -OCH3 is 1. The molecule has 0 aromatic heterocycles. The first-order valence-corrected chi connectivity index (χ1v) is 9.26. The van der Waals surface area contributed by atoms with Gasteiger partial charge in [-0.1, -0.05) is 38.1 Å². The molecule has 0 radical (unpaired) electrons. The first-order valence-electron chi connectivity index (χ1n) is 9.26. The van der Waals surface area contributed by atoms with Crippen LogP contribution in [-0.4, -0.2) is 18.9 Å². The van der Waals surface area contributed by atoms with Gasteiger partial charge in [-0.05, 0) is 41.7 Å². The number of ketones is 1. The van der Waals surface area contributed by atoms with E-state index in [1.807, 2.05) is 24.3 Å². The summed E-state index contributed by atoms with van der Waals surface area (Å²) in [6.45, 7) is 4.38. The van der Waals surface area contributed by atoms with E-state index in [4.69, 9.17) is 4.74 Å². The number of ether oxygens (including phenoxy) is 1. The highest BCUT2D eigenvalue weighted by Crippen LogP contribution is 2.46. The molecule has 0 bridgehead atoms. The molecule has 4 heteroatoms. The summed E-state index contributed by atoms with van der Waals surface area (Å²) >= 11 is 0. The lowest BCUT2D eigenvalue weighted by Crippen LogP contribution is -2.47. The van der Waals surface area contributed by atoms with Crippen molar-refractivity contribution >= 4 is 17.2 Å². The predicted octanol–water partition coefficient (Wildman–Crippen LogP) is 4.65. The van der Waals surface area contributed by atoms with Gasteiger partial charge in [0.15, 0.2) is 0 Å². The number of benzene rings is 2. The number of carbonyl (C=O) groups excluding carboxylic acids is 1. The van der Waals surface area contributed by atoms with Crippen LogP contribution in [0.25, 0.3) is 0 Å². The van der Waals surface area contributed by atoms with Crippen molar-refractivity contribution in [2.75, 3.05) is 17.7 Å². The van der Waals surface area contributed by atoms with Gasteiger partial charge in [0.2, 0.25) is 0 Å². The minimum absolute atomic E-state index is 0.0228. The number of Topliss-reactive ketones (excluding diaryl/α,β-unsaturated/α-hetero) is 1. The highest BCUT2D eigenvalue weighted by atomic mass is 16.5. The summed E-state index contributed by atoms with van der Waals surface area (Å²) < 4.78 is 5.29. The maximum Gasteiger partial charge on any atom is 0.140 e. The Labute approximate surface area is 155 Å². The maximum atomic E-state index is 13.2. The van der Waals surface area contributed by atoms with Gasteiger partial charge in [0.25, 0.3) is 0 Å². The average molecular weight is 350 g/mol. The Morgan fingerprint density at radius 1 is 1.00 bits per heavy atom. The molecule has 0 saturated heterocycles. The monoisotopic (exact) mass is 350 g/mol. The van der Waals surface area contributed by atoms with E-state index in [0.717, 1.165) is 29.1 Å². The van der Waals surface area contributed by atoms with Crippen molar-refractivity contribution in [3.05, 3.63) is 54.1 Å². The van der Waals surface area contributed by atoms with Crippen LogP contribution < -0.4 is 15.4 Å². The second-order valence-electron chi connectivity index (χ2n) is 8.23. The van der Waals surface area contributed by atoms with Gasteiger partial charge >= 0.3 is 0 Å². The van der Waals surface area contributed by atoms with Crippen LogP contribution in [0.15, 0.2) is 48.5 Å². The minimum Gasteiger partial charge on any atom is -0.497 e. The Hall–Kier alpha value is -2.49. The fourth-order valence-corrected chi connectivity index (χ4v) is 4.46. The van der Waals surface area contributed by atoms with E-state index < -0.39 is 0 Å². The fraction of sp³-hybridized carbons (Fsp3) is 0.409. The van der Waals surface area contributed by atoms with Gasteiger partial charge in [-0.2, -0.15) is 0 Å². The Kier molecular flexibility index (Phi) is 4.14. The molecule has 3 atom stereocenters. The second kappa shape index (κ2) is 6.35. The normalized spacial score (nSPS) is 26.6. The number of anilines is 2. The largest absolute Gasteiger partial charge is 0.497 e. The molecule has 2 aromatic rings. The van der Waals surface area contributed by atoms with Gasteiger partial charge in [-0.15, -0.1) is 0 Å². The number of rotatable bonds is 2. The Bertz CT molecular complexity index is 813. The molecular formula is C22H26N2O2. The highest BCUT2D eigenvalue weighted by Gasteiger charge is 2.46. The van der Waals surface area contributed by atoms with Crippen LogP contribution in [0, 0.1) is 11.3 Å². The Balaban J connectivity index is 1.78. The van der Waals surface area contributed by atoms with Gasteiger partial charge < -0.3 is 15.4 Å². The number of carbonyl (C=O) groups is 1. The summed E-state index contributed by atoms with van der Waals surface area (Å²) in [5.41, 5.74) is 3.26. The zero-order valence-electron chi connectivity index (χ0n) is 15.6. The van der Waals surface area contributed by atoms with Crippen molar-refractivity contribution in [1.82, 2.24) is 0 Å². The van der Waals surface area contributed by atoms with Crippen LogP contribution in [0.2, 0.25) is 0 Å².